The highest BCUT2D eigenvalue weighted by Gasteiger charge is 2.60. The Morgan fingerprint density at radius 1 is 1.03 bits per heavy atom. The van der Waals surface area contributed by atoms with E-state index >= 15 is 0 Å². The molecule has 5 aliphatic rings. The highest BCUT2D eigenvalue weighted by atomic mass is 16.5. The molecule has 31 heavy (non-hydrogen) atoms. The number of carbonyl (C=O) groups excluding carboxylic acids is 2. The molecule has 0 aromatic rings. The fourth-order valence-corrected chi connectivity index (χ4v) is 8.77. The van der Waals surface area contributed by atoms with E-state index in [4.69, 9.17) is 4.74 Å². The van der Waals surface area contributed by atoms with Crippen LogP contribution in [0.1, 0.15) is 90.9 Å². The number of rotatable bonds is 2. The molecule has 0 bridgehead atoms. The van der Waals surface area contributed by atoms with Gasteiger partial charge in [-0.2, -0.15) is 5.26 Å². The summed E-state index contributed by atoms with van der Waals surface area (Å²) < 4.78 is 5.93. The van der Waals surface area contributed by atoms with Gasteiger partial charge in [0, 0.05) is 6.42 Å². The third kappa shape index (κ3) is 3.40. The Morgan fingerprint density at radius 2 is 1.81 bits per heavy atom. The average molecular weight is 427 g/mol. The summed E-state index contributed by atoms with van der Waals surface area (Å²) in [7, 11) is 0. The molecule has 5 nitrogen and oxygen atoms in total. The Labute approximate surface area is 186 Å². The predicted molar refractivity (Wildman–Crippen MR) is 116 cm³/mol. The zero-order chi connectivity index (χ0) is 21.8. The van der Waals surface area contributed by atoms with Gasteiger partial charge in [0.2, 0.25) is 5.91 Å². The lowest BCUT2D eigenvalue weighted by atomic mass is 9.44. The molecule has 4 saturated carbocycles. The smallest absolute Gasteiger partial charge is 0.328 e. The van der Waals surface area contributed by atoms with Crippen LogP contribution < -0.4 is 5.32 Å². The zero-order valence-electron chi connectivity index (χ0n) is 19.2. The van der Waals surface area contributed by atoms with Gasteiger partial charge in [-0.3, -0.25) is 4.79 Å². The Kier molecular flexibility index (Phi) is 5.34. The van der Waals surface area contributed by atoms with E-state index in [0.29, 0.717) is 24.2 Å². The van der Waals surface area contributed by atoms with Gasteiger partial charge in [0.1, 0.15) is 12.1 Å². The summed E-state index contributed by atoms with van der Waals surface area (Å²) in [6.07, 6.45) is 12.4. The number of hydrogen-bond donors (Lipinski definition) is 1. The molecular weight excluding hydrogens is 388 g/mol. The van der Waals surface area contributed by atoms with Crippen molar-refractivity contribution in [1.29, 1.82) is 5.26 Å². The molecule has 0 spiro atoms. The number of amides is 1. The molecule has 0 radical (unpaired) electrons. The van der Waals surface area contributed by atoms with Gasteiger partial charge in [0.15, 0.2) is 0 Å². The second-order valence-electron chi connectivity index (χ2n) is 11.8. The van der Waals surface area contributed by atoms with Crippen LogP contribution in [0.25, 0.3) is 0 Å². The van der Waals surface area contributed by atoms with Crippen LogP contribution in [0.3, 0.4) is 0 Å². The zero-order valence-corrected chi connectivity index (χ0v) is 19.2. The van der Waals surface area contributed by atoms with Gasteiger partial charge in [-0.25, -0.2) is 4.79 Å². The minimum atomic E-state index is -0.447. The third-order valence-electron chi connectivity index (χ3n) is 10.6. The van der Waals surface area contributed by atoms with Gasteiger partial charge < -0.3 is 10.1 Å². The maximum Gasteiger partial charge on any atom is 0.328 e. The van der Waals surface area contributed by atoms with Crippen molar-refractivity contribution in [2.45, 2.75) is 103 Å². The van der Waals surface area contributed by atoms with Crippen LogP contribution in [0.4, 0.5) is 0 Å². The summed E-state index contributed by atoms with van der Waals surface area (Å²) in [5.41, 5.74) is 0.577. The Balaban J connectivity index is 1.24. The number of fused-ring (bicyclic) bond motifs is 5. The van der Waals surface area contributed by atoms with E-state index in [-0.39, 0.29) is 29.3 Å². The van der Waals surface area contributed by atoms with E-state index in [1.807, 2.05) is 0 Å². The van der Waals surface area contributed by atoms with Crippen LogP contribution in [0.5, 0.6) is 0 Å². The molecule has 5 heteroatoms. The van der Waals surface area contributed by atoms with E-state index in [1.54, 1.807) is 0 Å². The number of ether oxygens (including phenoxy) is 1. The molecule has 170 valence electrons. The number of piperidine rings is 1. The molecule has 9 atom stereocenters. The summed E-state index contributed by atoms with van der Waals surface area (Å²) >= 11 is 0. The van der Waals surface area contributed by atoms with E-state index < -0.39 is 6.04 Å². The van der Waals surface area contributed by atoms with Crippen molar-refractivity contribution in [3.05, 3.63) is 0 Å². The first-order valence-electron chi connectivity index (χ1n) is 12.7. The molecule has 1 aliphatic heterocycles. The fourth-order valence-electron chi connectivity index (χ4n) is 8.77. The summed E-state index contributed by atoms with van der Waals surface area (Å²) in [6.45, 7) is 4.93. The molecule has 0 aromatic carbocycles. The quantitative estimate of drug-likeness (QED) is 0.646. The van der Waals surface area contributed by atoms with Gasteiger partial charge >= 0.3 is 5.97 Å². The van der Waals surface area contributed by atoms with Crippen molar-refractivity contribution in [3.63, 3.8) is 0 Å². The van der Waals surface area contributed by atoms with E-state index in [2.05, 4.69) is 25.2 Å². The summed E-state index contributed by atoms with van der Waals surface area (Å²) in [5, 5.41) is 12.5. The monoisotopic (exact) mass is 426 g/mol. The van der Waals surface area contributed by atoms with Gasteiger partial charge in [-0.05, 0) is 105 Å². The first-order valence-corrected chi connectivity index (χ1v) is 12.7. The highest BCUT2D eigenvalue weighted by molar-refractivity contribution is 5.85. The molecule has 5 rings (SSSR count). The molecule has 1 heterocycles. The summed E-state index contributed by atoms with van der Waals surface area (Å²) in [6, 6.07) is 2.20. The lowest BCUT2D eigenvalue weighted by molar-refractivity contribution is -0.165. The summed E-state index contributed by atoms with van der Waals surface area (Å²) in [5.74, 6) is 2.87. The Morgan fingerprint density at radius 3 is 2.58 bits per heavy atom. The molecule has 5 fully saturated rings. The SMILES string of the molecule is C[C@]12CC[C@@H](OC(=O)C3CCCC(=O)N3)C[C@H]1CC[C@@H]1[C@@H]2CC[C@]2(C)[C@@H](C#N)CC[C@@H]12. The fraction of sp³-hybridized carbons (Fsp3) is 0.885. The maximum atomic E-state index is 12.6. The molecular formula is C26H38N2O3. The van der Waals surface area contributed by atoms with Crippen molar-refractivity contribution >= 4 is 11.9 Å². The van der Waals surface area contributed by atoms with Crippen molar-refractivity contribution in [2.24, 2.45) is 40.4 Å². The number of carbonyl (C=O) groups is 2. The van der Waals surface area contributed by atoms with Gasteiger partial charge in [-0.15, -0.1) is 0 Å². The van der Waals surface area contributed by atoms with Crippen LogP contribution in [-0.4, -0.2) is 24.0 Å². The second-order valence-corrected chi connectivity index (χ2v) is 11.8. The highest BCUT2D eigenvalue weighted by Crippen LogP contribution is 2.67. The van der Waals surface area contributed by atoms with Crippen LogP contribution >= 0.6 is 0 Å². The van der Waals surface area contributed by atoms with Crippen LogP contribution in [-0.2, 0) is 14.3 Å². The van der Waals surface area contributed by atoms with E-state index in [0.717, 1.165) is 49.9 Å². The predicted octanol–water partition coefficient (Wildman–Crippen LogP) is 4.75. The van der Waals surface area contributed by atoms with Crippen LogP contribution in [0.2, 0.25) is 0 Å². The second kappa shape index (κ2) is 7.78. The minimum Gasteiger partial charge on any atom is -0.461 e. The number of nitrogens with zero attached hydrogens (tertiary/aromatic N) is 1. The number of esters is 1. The van der Waals surface area contributed by atoms with Crippen molar-refractivity contribution in [1.82, 2.24) is 5.32 Å². The average Bonchev–Trinajstić information content (AvgIpc) is 3.10. The van der Waals surface area contributed by atoms with E-state index in [9.17, 15) is 14.9 Å². The maximum absolute atomic E-state index is 12.6. The lowest BCUT2D eigenvalue weighted by Crippen LogP contribution is -2.54. The number of nitrogens with one attached hydrogen (secondary N) is 1. The Hall–Kier alpha value is -1.57. The largest absolute Gasteiger partial charge is 0.461 e. The molecule has 1 N–H and O–H groups in total. The number of hydrogen-bond acceptors (Lipinski definition) is 4. The molecule has 0 aromatic heterocycles. The molecule has 1 unspecified atom stereocenters. The Bertz CT molecular complexity index is 790. The molecule has 1 saturated heterocycles. The normalized spacial score (nSPS) is 49.1. The van der Waals surface area contributed by atoms with Crippen molar-refractivity contribution in [2.75, 3.05) is 0 Å². The minimum absolute atomic E-state index is 0.00394. The topological polar surface area (TPSA) is 79.2 Å². The van der Waals surface area contributed by atoms with Crippen LogP contribution in [0.15, 0.2) is 0 Å². The summed E-state index contributed by atoms with van der Waals surface area (Å²) in [4.78, 5) is 24.3. The van der Waals surface area contributed by atoms with Crippen LogP contribution in [0, 0.1) is 51.8 Å². The van der Waals surface area contributed by atoms with Gasteiger partial charge in [0.25, 0.3) is 0 Å². The lowest BCUT2D eigenvalue weighted by Gasteiger charge is -2.60. The van der Waals surface area contributed by atoms with Crippen molar-refractivity contribution in [3.8, 4) is 6.07 Å². The molecule has 4 aliphatic carbocycles. The standard InChI is InChI=1S/C26H38N2O3/c1-25-12-10-18(31-24(30)22-4-3-5-23(29)28-22)14-16(25)6-8-19-20-9-7-17(15-27)26(20,2)13-11-21(19)25/h16-22H,3-14H2,1-2H3,(H,28,29)/t16-,17-,18-,19+,20+,21+,22?,25+,26-/m1/s1. The molecule has 1 amide bonds. The van der Waals surface area contributed by atoms with Gasteiger partial charge in [0.05, 0.1) is 12.0 Å². The van der Waals surface area contributed by atoms with E-state index in [1.165, 1.54) is 32.1 Å². The third-order valence-corrected chi connectivity index (χ3v) is 10.6. The van der Waals surface area contributed by atoms with Gasteiger partial charge in [-0.1, -0.05) is 13.8 Å². The first-order chi connectivity index (χ1) is 14.8. The van der Waals surface area contributed by atoms with Crippen molar-refractivity contribution < 1.29 is 14.3 Å². The first kappa shape index (κ1) is 21.3. The number of nitriles is 1.